The Morgan fingerprint density at radius 1 is 1.04 bits per heavy atom. The van der Waals surface area contributed by atoms with Crippen LogP contribution in [-0.4, -0.2) is 25.3 Å². The van der Waals surface area contributed by atoms with Crippen LogP contribution < -0.4 is 0 Å². The number of nitrogens with zero attached hydrogens (tertiary/aromatic N) is 2. The number of ether oxygens (including phenoxy) is 2. The van der Waals surface area contributed by atoms with Gasteiger partial charge in [-0.1, -0.05) is 60.7 Å². The van der Waals surface area contributed by atoms with Crippen LogP contribution >= 0.6 is 0 Å². The van der Waals surface area contributed by atoms with E-state index in [0.717, 1.165) is 0 Å². The summed E-state index contributed by atoms with van der Waals surface area (Å²) in [6, 6.07) is 21.6. The predicted octanol–water partition coefficient (Wildman–Crippen LogP) is 3.45. The van der Waals surface area contributed by atoms with Crippen LogP contribution in [0.3, 0.4) is 0 Å². The standard InChI is InChI=1S/C20H18N2O3/c1-24-15-25-20(13-21,14-22)18(16-8-4-2-5-9-16)12-19(23)17-10-6-3-7-11-17/h2-11,18H,12,15H2,1H3/t18-/m0/s1. The Hall–Kier alpha value is -2.99. The van der Waals surface area contributed by atoms with E-state index in [0.29, 0.717) is 11.1 Å². The smallest absolute Gasteiger partial charge is 0.250 e. The summed E-state index contributed by atoms with van der Waals surface area (Å²) in [6.07, 6.45) is -0.0289. The number of carbonyl (C=O) groups excluding carboxylic acids is 1. The molecule has 2 aromatic carbocycles. The van der Waals surface area contributed by atoms with Gasteiger partial charge in [0, 0.05) is 25.0 Å². The molecule has 0 fully saturated rings. The molecule has 0 N–H and O–H groups in total. The molecule has 2 rings (SSSR count). The summed E-state index contributed by atoms with van der Waals surface area (Å²) in [5, 5.41) is 19.3. The Balaban J connectivity index is 2.41. The Kier molecular flexibility index (Phi) is 6.42. The zero-order chi connectivity index (χ0) is 18.1. The van der Waals surface area contributed by atoms with Crippen LogP contribution in [-0.2, 0) is 9.47 Å². The van der Waals surface area contributed by atoms with Crippen LogP contribution in [0, 0.1) is 22.7 Å². The lowest BCUT2D eigenvalue weighted by atomic mass is 9.79. The van der Waals surface area contributed by atoms with E-state index in [-0.39, 0.29) is 19.0 Å². The Labute approximate surface area is 147 Å². The van der Waals surface area contributed by atoms with Crippen molar-refractivity contribution >= 4 is 5.78 Å². The summed E-state index contributed by atoms with van der Waals surface area (Å²) in [7, 11) is 1.41. The van der Waals surface area contributed by atoms with Gasteiger partial charge in [0.1, 0.15) is 18.9 Å². The van der Waals surface area contributed by atoms with Crippen LogP contribution in [0.25, 0.3) is 0 Å². The molecule has 0 bridgehead atoms. The van der Waals surface area contributed by atoms with Crippen molar-refractivity contribution < 1.29 is 14.3 Å². The van der Waals surface area contributed by atoms with E-state index in [2.05, 4.69) is 0 Å². The number of rotatable bonds is 8. The predicted molar refractivity (Wildman–Crippen MR) is 91.5 cm³/mol. The highest BCUT2D eigenvalue weighted by Gasteiger charge is 2.43. The molecule has 0 aromatic heterocycles. The van der Waals surface area contributed by atoms with Crippen molar-refractivity contribution in [2.45, 2.75) is 17.9 Å². The van der Waals surface area contributed by atoms with E-state index >= 15 is 0 Å². The van der Waals surface area contributed by atoms with E-state index < -0.39 is 11.5 Å². The van der Waals surface area contributed by atoms with Gasteiger partial charge in [-0.05, 0) is 5.56 Å². The molecule has 0 unspecified atom stereocenters. The van der Waals surface area contributed by atoms with Gasteiger partial charge >= 0.3 is 0 Å². The van der Waals surface area contributed by atoms with Gasteiger partial charge in [0.15, 0.2) is 5.78 Å². The molecule has 0 amide bonds. The minimum absolute atomic E-state index is 0.0289. The summed E-state index contributed by atoms with van der Waals surface area (Å²) in [5.74, 6) is -0.906. The lowest BCUT2D eigenvalue weighted by molar-refractivity contribution is -0.0904. The third-order valence-electron chi connectivity index (χ3n) is 3.91. The number of methoxy groups -OCH3 is 1. The van der Waals surface area contributed by atoms with E-state index in [1.54, 1.807) is 48.5 Å². The normalized spacial score (nSPS) is 12.0. The summed E-state index contributed by atoms with van der Waals surface area (Å²) >= 11 is 0. The molecule has 2 aromatic rings. The van der Waals surface area contributed by atoms with Crippen LogP contribution in [0.2, 0.25) is 0 Å². The number of hydrogen-bond acceptors (Lipinski definition) is 5. The minimum atomic E-state index is -1.82. The summed E-state index contributed by atoms with van der Waals surface area (Å²) in [5.41, 5.74) is -0.604. The molecular weight excluding hydrogens is 316 g/mol. The maximum Gasteiger partial charge on any atom is 0.250 e. The van der Waals surface area contributed by atoms with Gasteiger partial charge in [0.25, 0.3) is 0 Å². The maximum absolute atomic E-state index is 12.7. The fourth-order valence-corrected chi connectivity index (χ4v) is 2.61. The Morgan fingerprint density at radius 3 is 2.12 bits per heavy atom. The van der Waals surface area contributed by atoms with Gasteiger partial charge in [-0.25, -0.2) is 0 Å². The van der Waals surface area contributed by atoms with Crippen LogP contribution in [0.5, 0.6) is 0 Å². The van der Waals surface area contributed by atoms with Crippen molar-refractivity contribution in [1.82, 2.24) is 0 Å². The van der Waals surface area contributed by atoms with E-state index in [1.165, 1.54) is 7.11 Å². The molecule has 5 nitrogen and oxygen atoms in total. The number of Topliss-reactive ketones (excluding diaryl/α,β-unsaturated/α-hetero) is 1. The molecule has 1 atom stereocenters. The molecule has 0 aliphatic rings. The zero-order valence-corrected chi connectivity index (χ0v) is 13.9. The minimum Gasteiger partial charge on any atom is -0.359 e. The van der Waals surface area contributed by atoms with E-state index in [4.69, 9.17) is 9.47 Å². The molecule has 0 saturated heterocycles. The molecule has 0 aliphatic carbocycles. The molecule has 126 valence electrons. The first-order chi connectivity index (χ1) is 12.2. The first-order valence-electron chi connectivity index (χ1n) is 7.75. The second kappa shape index (κ2) is 8.75. The summed E-state index contributed by atoms with van der Waals surface area (Å²) in [4.78, 5) is 12.7. The average molecular weight is 334 g/mol. The molecule has 0 heterocycles. The molecule has 25 heavy (non-hydrogen) atoms. The fraction of sp³-hybridized carbons (Fsp3) is 0.250. The number of benzene rings is 2. The lowest BCUT2D eigenvalue weighted by Gasteiger charge is -2.29. The average Bonchev–Trinajstić information content (AvgIpc) is 2.69. The second-order valence-corrected chi connectivity index (χ2v) is 5.47. The molecule has 0 spiro atoms. The highest BCUT2D eigenvalue weighted by molar-refractivity contribution is 5.96. The van der Waals surface area contributed by atoms with Crippen molar-refractivity contribution in [2.75, 3.05) is 13.9 Å². The van der Waals surface area contributed by atoms with E-state index in [1.807, 2.05) is 24.3 Å². The highest BCUT2D eigenvalue weighted by atomic mass is 16.7. The van der Waals surface area contributed by atoms with Gasteiger partial charge in [-0.15, -0.1) is 0 Å². The highest BCUT2D eigenvalue weighted by Crippen LogP contribution is 2.35. The quantitative estimate of drug-likeness (QED) is 0.545. The number of nitriles is 2. The molecule has 0 radical (unpaired) electrons. The summed E-state index contributed by atoms with van der Waals surface area (Å²) in [6.45, 7) is -0.218. The van der Waals surface area contributed by atoms with Gasteiger partial charge in [-0.3, -0.25) is 4.79 Å². The van der Waals surface area contributed by atoms with Gasteiger partial charge in [-0.2, -0.15) is 10.5 Å². The molecule has 0 saturated carbocycles. The SMILES string of the molecule is COCOC(C#N)(C#N)[C@@H](CC(=O)c1ccccc1)c1ccccc1. The van der Waals surface area contributed by atoms with Crippen molar-refractivity contribution in [3.63, 3.8) is 0 Å². The van der Waals surface area contributed by atoms with Crippen LogP contribution in [0.15, 0.2) is 60.7 Å². The second-order valence-electron chi connectivity index (χ2n) is 5.47. The Morgan fingerprint density at radius 2 is 1.60 bits per heavy atom. The first-order valence-corrected chi connectivity index (χ1v) is 7.75. The van der Waals surface area contributed by atoms with Gasteiger partial charge < -0.3 is 9.47 Å². The maximum atomic E-state index is 12.7. The monoisotopic (exact) mass is 334 g/mol. The van der Waals surface area contributed by atoms with Crippen molar-refractivity contribution in [2.24, 2.45) is 0 Å². The Bertz CT molecular complexity index is 762. The van der Waals surface area contributed by atoms with E-state index in [9.17, 15) is 15.3 Å². The topological polar surface area (TPSA) is 83.1 Å². The molecule has 5 heteroatoms. The van der Waals surface area contributed by atoms with Gasteiger partial charge in [0.2, 0.25) is 5.60 Å². The molecular formula is C20H18N2O3. The molecule has 0 aliphatic heterocycles. The number of ketones is 1. The number of carbonyl (C=O) groups is 1. The van der Waals surface area contributed by atoms with Crippen molar-refractivity contribution in [1.29, 1.82) is 10.5 Å². The van der Waals surface area contributed by atoms with Gasteiger partial charge in [0.05, 0.1) is 0 Å². The summed E-state index contributed by atoms with van der Waals surface area (Å²) < 4.78 is 10.3. The first kappa shape index (κ1) is 18.4. The third-order valence-corrected chi connectivity index (χ3v) is 3.91. The van der Waals surface area contributed by atoms with Crippen molar-refractivity contribution in [3.8, 4) is 12.1 Å². The fourth-order valence-electron chi connectivity index (χ4n) is 2.61. The largest absolute Gasteiger partial charge is 0.359 e. The number of hydrogen-bond donors (Lipinski definition) is 0. The van der Waals surface area contributed by atoms with Crippen molar-refractivity contribution in [3.05, 3.63) is 71.8 Å². The third kappa shape index (κ3) is 4.30. The van der Waals surface area contributed by atoms with Crippen LogP contribution in [0.1, 0.15) is 28.3 Å². The zero-order valence-electron chi connectivity index (χ0n) is 13.9. The lowest BCUT2D eigenvalue weighted by Crippen LogP contribution is -2.38. The van der Waals surface area contributed by atoms with Crippen LogP contribution in [0.4, 0.5) is 0 Å².